The minimum absolute atomic E-state index is 0.537. The molecule has 0 saturated carbocycles. The Morgan fingerprint density at radius 3 is 3.06 bits per heavy atom. The lowest BCUT2D eigenvalue weighted by Crippen LogP contribution is -2.26. The van der Waals surface area contributed by atoms with Gasteiger partial charge in [0.15, 0.2) is 0 Å². The van der Waals surface area contributed by atoms with E-state index in [0.29, 0.717) is 6.04 Å². The van der Waals surface area contributed by atoms with Crippen molar-refractivity contribution in [3.63, 3.8) is 0 Å². The van der Waals surface area contributed by atoms with Crippen LogP contribution in [0.4, 0.5) is 5.69 Å². The maximum Gasteiger partial charge on any atom is 0.0992 e. The second-order valence-electron chi connectivity index (χ2n) is 4.90. The lowest BCUT2D eigenvalue weighted by Gasteiger charge is -2.19. The molecule has 96 valence electrons. The quantitative estimate of drug-likeness (QED) is 0.887. The first-order chi connectivity index (χ1) is 8.81. The molecule has 0 aromatic heterocycles. The number of nitrogens with zero attached hydrogens (tertiary/aromatic N) is 2. The molecular formula is C15H21N3. The van der Waals surface area contributed by atoms with Gasteiger partial charge < -0.3 is 10.2 Å². The van der Waals surface area contributed by atoms with E-state index in [1.54, 1.807) is 0 Å². The largest absolute Gasteiger partial charge is 0.382 e. The average Bonchev–Trinajstić information content (AvgIpc) is 2.64. The SMILES string of the molecule is CCN1CCCC(Nc2cccc(C#N)c2)CC1. The summed E-state index contributed by atoms with van der Waals surface area (Å²) in [5.74, 6) is 0. The number of hydrogen-bond donors (Lipinski definition) is 1. The van der Waals surface area contributed by atoms with Gasteiger partial charge in [0.1, 0.15) is 0 Å². The summed E-state index contributed by atoms with van der Waals surface area (Å²) < 4.78 is 0. The minimum atomic E-state index is 0.537. The van der Waals surface area contributed by atoms with E-state index in [0.717, 1.165) is 17.8 Å². The Labute approximate surface area is 109 Å². The Morgan fingerprint density at radius 1 is 1.39 bits per heavy atom. The molecule has 0 aliphatic carbocycles. The molecule has 0 bridgehead atoms. The summed E-state index contributed by atoms with van der Waals surface area (Å²) in [5, 5.41) is 12.5. The van der Waals surface area contributed by atoms with Crippen LogP contribution in [-0.4, -0.2) is 30.6 Å². The molecule has 1 aliphatic rings. The molecule has 18 heavy (non-hydrogen) atoms. The number of nitrogens with one attached hydrogen (secondary N) is 1. The van der Waals surface area contributed by atoms with Crippen molar-refractivity contribution in [2.75, 3.05) is 25.0 Å². The van der Waals surface area contributed by atoms with E-state index in [9.17, 15) is 0 Å². The topological polar surface area (TPSA) is 39.1 Å². The summed E-state index contributed by atoms with van der Waals surface area (Å²) in [6.07, 6.45) is 3.65. The van der Waals surface area contributed by atoms with Crippen molar-refractivity contribution in [3.8, 4) is 6.07 Å². The van der Waals surface area contributed by atoms with Crippen molar-refractivity contribution in [2.45, 2.75) is 32.2 Å². The third-order valence-corrected chi connectivity index (χ3v) is 3.63. The van der Waals surface area contributed by atoms with Crippen LogP contribution in [0.15, 0.2) is 24.3 Å². The summed E-state index contributed by atoms with van der Waals surface area (Å²) in [6, 6.07) is 10.5. The Hall–Kier alpha value is -1.53. The van der Waals surface area contributed by atoms with Crippen LogP contribution in [0.1, 0.15) is 31.7 Å². The van der Waals surface area contributed by atoms with E-state index in [4.69, 9.17) is 5.26 Å². The third-order valence-electron chi connectivity index (χ3n) is 3.63. The summed E-state index contributed by atoms with van der Waals surface area (Å²) in [5.41, 5.74) is 1.80. The Balaban J connectivity index is 1.94. The third kappa shape index (κ3) is 3.48. The first-order valence-corrected chi connectivity index (χ1v) is 6.81. The lowest BCUT2D eigenvalue weighted by molar-refractivity contribution is 0.300. The van der Waals surface area contributed by atoms with Crippen LogP contribution >= 0.6 is 0 Å². The molecule has 1 heterocycles. The molecule has 1 aromatic rings. The maximum absolute atomic E-state index is 8.90. The predicted octanol–water partition coefficient (Wildman–Crippen LogP) is 2.84. The van der Waals surface area contributed by atoms with E-state index >= 15 is 0 Å². The van der Waals surface area contributed by atoms with Gasteiger partial charge in [0.05, 0.1) is 11.6 Å². The highest BCUT2D eigenvalue weighted by Crippen LogP contribution is 2.17. The van der Waals surface area contributed by atoms with Gasteiger partial charge in [-0.05, 0) is 50.6 Å². The molecule has 3 nitrogen and oxygen atoms in total. The van der Waals surface area contributed by atoms with Crippen LogP contribution in [0.5, 0.6) is 0 Å². The molecule has 0 radical (unpaired) electrons. The van der Waals surface area contributed by atoms with Gasteiger partial charge in [-0.25, -0.2) is 0 Å². The number of likely N-dealkylation sites (tertiary alicyclic amines) is 1. The van der Waals surface area contributed by atoms with Crippen molar-refractivity contribution in [2.24, 2.45) is 0 Å². The van der Waals surface area contributed by atoms with Crippen LogP contribution in [0, 0.1) is 11.3 Å². The molecule has 1 fully saturated rings. The molecule has 2 rings (SSSR count). The normalized spacial score (nSPS) is 21.0. The summed E-state index contributed by atoms with van der Waals surface area (Å²) in [7, 11) is 0. The fourth-order valence-corrected chi connectivity index (χ4v) is 2.53. The van der Waals surface area contributed by atoms with Gasteiger partial charge in [0.25, 0.3) is 0 Å². The van der Waals surface area contributed by atoms with E-state index < -0.39 is 0 Å². The van der Waals surface area contributed by atoms with Crippen LogP contribution in [0.3, 0.4) is 0 Å². The van der Waals surface area contributed by atoms with Crippen molar-refractivity contribution in [1.82, 2.24) is 4.90 Å². The molecule has 1 unspecified atom stereocenters. The Kier molecular flexibility index (Phi) is 4.60. The van der Waals surface area contributed by atoms with Crippen LogP contribution < -0.4 is 5.32 Å². The smallest absolute Gasteiger partial charge is 0.0992 e. The first-order valence-electron chi connectivity index (χ1n) is 6.81. The zero-order chi connectivity index (χ0) is 12.8. The first kappa shape index (κ1) is 12.9. The van der Waals surface area contributed by atoms with Gasteiger partial charge in [0.2, 0.25) is 0 Å². The fourth-order valence-electron chi connectivity index (χ4n) is 2.53. The summed E-state index contributed by atoms with van der Waals surface area (Å²) in [6.45, 7) is 5.76. The highest BCUT2D eigenvalue weighted by atomic mass is 15.1. The molecule has 3 heteroatoms. The Morgan fingerprint density at radius 2 is 2.28 bits per heavy atom. The molecule has 1 aromatic carbocycles. The zero-order valence-corrected chi connectivity index (χ0v) is 11.0. The fraction of sp³-hybridized carbons (Fsp3) is 0.533. The molecule has 1 atom stereocenters. The molecular weight excluding hydrogens is 222 g/mol. The van der Waals surface area contributed by atoms with Crippen molar-refractivity contribution in [1.29, 1.82) is 5.26 Å². The van der Waals surface area contributed by atoms with Gasteiger partial charge in [-0.2, -0.15) is 5.26 Å². The number of rotatable bonds is 3. The second kappa shape index (κ2) is 6.42. The van der Waals surface area contributed by atoms with E-state index in [2.05, 4.69) is 23.2 Å². The van der Waals surface area contributed by atoms with Crippen molar-refractivity contribution >= 4 is 5.69 Å². The van der Waals surface area contributed by atoms with E-state index in [1.165, 1.54) is 32.4 Å². The molecule has 0 amide bonds. The second-order valence-corrected chi connectivity index (χ2v) is 4.90. The van der Waals surface area contributed by atoms with Gasteiger partial charge in [0, 0.05) is 18.3 Å². The molecule has 1 N–H and O–H groups in total. The number of hydrogen-bond acceptors (Lipinski definition) is 3. The number of nitriles is 1. The molecule has 1 aliphatic heterocycles. The highest BCUT2D eigenvalue weighted by Gasteiger charge is 2.15. The van der Waals surface area contributed by atoms with Crippen molar-refractivity contribution < 1.29 is 0 Å². The summed E-state index contributed by atoms with van der Waals surface area (Å²) >= 11 is 0. The van der Waals surface area contributed by atoms with E-state index in [-0.39, 0.29) is 0 Å². The standard InChI is InChI=1S/C15H21N3/c1-2-18-9-4-7-14(8-10-18)17-15-6-3-5-13(11-15)12-16/h3,5-6,11,14,17H,2,4,7-10H2,1H3. The Bertz CT molecular complexity index is 422. The minimum Gasteiger partial charge on any atom is -0.382 e. The lowest BCUT2D eigenvalue weighted by atomic mass is 10.1. The number of benzene rings is 1. The number of anilines is 1. The average molecular weight is 243 g/mol. The van der Waals surface area contributed by atoms with Gasteiger partial charge >= 0.3 is 0 Å². The molecule has 0 spiro atoms. The van der Waals surface area contributed by atoms with Gasteiger partial charge in [-0.3, -0.25) is 0 Å². The van der Waals surface area contributed by atoms with Crippen LogP contribution in [0.25, 0.3) is 0 Å². The monoisotopic (exact) mass is 243 g/mol. The van der Waals surface area contributed by atoms with E-state index in [1.807, 2.05) is 24.3 Å². The predicted molar refractivity (Wildman–Crippen MR) is 74.5 cm³/mol. The maximum atomic E-state index is 8.90. The molecule has 1 saturated heterocycles. The highest BCUT2D eigenvalue weighted by molar-refractivity contribution is 5.49. The van der Waals surface area contributed by atoms with Crippen LogP contribution in [0.2, 0.25) is 0 Å². The van der Waals surface area contributed by atoms with Crippen LogP contribution in [-0.2, 0) is 0 Å². The van der Waals surface area contributed by atoms with Gasteiger partial charge in [-0.1, -0.05) is 13.0 Å². The van der Waals surface area contributed by atoms with Gasteiger partial charge in [-0.15, -0.1) is 0 Å². The zero-order valence-electron chi connectivity index (χ0n) is 11.0. The van der Waals surface area contributed by atoms with Crippen molar-refractivity contribution in [3.05, 3.63) is 29.8 Å². The summed E-state index contributed by atoms with van der Waals surface area (Å²) in [4.78, 5) is 2.51.